The normalized spacial score (nSPS) is 18.5. The molecule has 1 N–H and O–H groups in total. The van der Waals surface area contributed by atoms with Crippen molar-refractivity contribution < 1.29 is 23.9 Å². The first kappa shape index (κ1) is 24.1. The highest BCUT2D eigenvalue weighted by Gasteiger charge is 2.54. The largest absolute Gasteiger partial charge is 0.484 e. The van der Waals surface area contributed by atoms with E-state index in [9.17, 15) is 14.4 Å². The molecule has 0 spiro atoms. The van der Waals surface area contributed by atoms with Gasteiger partial charge in [-0.05, 0) is 42.3 Å². The summed E-state index contributed by atoms with van der Waals surface area (Å²) in [5.74, 6) is -0.891. The van der Waals surface area contributed by atoms with Gasteiger partial charge in [0.1, 0.15) is 22.2 Å². The Kier molecular flexibility index (Phi) is 8.15. The summed E-state index contributed by atoms with van der Waals surface area (Å²) in [7, 11) is 3.88. The summed E-state index contributed by atoms with van der Waals surface area (Å²) < 4.78 is 11.0. The first-order chi connectivity index (χ1) is 15.3. The number of ether oxygens (including phenoxy) is 2. The van der Waals surface area contributed by atoms with Crippen molar-refractivity contribution in [2.75, 3.05) is 13.7 Å². The molecule has 1 aromatic heterocycles. The average molecular weight is 495 g/mol. The summed E-state index contributed by atoms with van der Waals surface area (Å²) in [5, 5.41) is 11.0. The number of benzene rings is 1. The minimum Gasteiger partial charge on any atom is -0.484 e. The number of carbonyl (C=O) groups is 3. The predicted octanol–water partition coefficient (Wildman–Crippen LogP) is 2.44. The molecule has 0 radical (unpaired) electrons. The Morgan fingerprint density at radius 1 is 1.31 bits per heavy atom. The second-order valence-electron chi connectivity index (χ2n) is 6.82. The van der Waals surface area contributed by atoms with Crippen LogP contribution in [0, 0.1) is 6.92 Å². The Labute approximate surface area is 197 Å². The van der Waals surface area contributed by atoms with E-state index in [1.54, 1.807) is 31.2 Å². The van der Waals surface area contributed by atoms with Gasteiger partial charge in [0.2, 0.25) is 5.91 Å². The number of hydrogen-bond donors (Lipinski definition) is 1. The Morgan fingerprint density at radius 2 is 2.03 bits per heavy atom. The van der Waals surface area contributed by atoms with Crippen molar-refractivity contribution in [2.45, 2.75) is 35.6 Å². The molecule has 170 valence electrons. The van der Waals surface area contributed by atoms with Crippen LogP contribution in [0.1, 0.15) is 11.9 Å². The first-order valence-electron chi connectivity index (χ1n) is 9.48. The number of nitrogens with one attached hydrogen (secondary N) is 1. The molecule has 1 saturated heterocycles. The molecule has 2 aromatic rings. The number of aryl methyl sites for hydroxylation is 1. The lowest BCUT2D eigenvalue weighted by atomic mass is 9.99. The zero-order chi connectivity index (χ0) is 23.3. The van der Waals surface area contributed by atoms with Gasteiger partial charge in [0.25, 0.3) is 5.91 Å². The zero-order valence-corrected chi connectivity index (χ0v) is 20.1. The van der Waals surface area contributed by atoms with Crippen molar-refractivity contribution in [3.63, 3.8) is 0 Å². The van der Waals surface area contributed by atoms with Gasteiger partial charge in [-0.1, -0.05) is 46.9 Å². The fraction of sp³-hybridized carbons (Fsp3) is 0.350. The number of aromatic nitrogens is 2. The minimum absolute atomic E-state index is 0.241. The van der Waals surface area contributed by atoms with Gasteiger partial charge in [-0.3, -0.25) is 9.59 Å². The molecule has 0 bridgehead atoms. The number of rotatable bonds is 10. The Hall–Kier alpha value is -2.57. The van der Waals surface area contributed by atoms with Gasteiger partial charge >= 0.3 is 5.97 Å². The van der Waals surface area contributed by atoms with Crippen LogP contribution in [0.25, 0.3) is 0 Å². The van der Waals surface area contributed by atoms with Gasteiger partial charge in [-0.2, -0.15) is 0 Å². The molecule has 12 heteroatoms. The Bertz CT molecular complexity index is 1000. The van der Waals surface area contributed by atoms with E-state index in [2.05, 4.69) is 22.1 Å². The highest BCUT2D eigenvalue weighted by atomic mass is 33.1. The molecule has 1 aliphatic heterocycles. The zero-order valence-electron chi connectivity index (χ0n) is 17.6. The highest BCUT2D eigenvalue weighted by Crippen LogP contribution is 2.44. The summed E-state index contributed by atoms with van der Waals surface area (Å²) in [4.78, 5) is 39.1. The van der Waals surface area contributed by atoms with Crippen molar-refractivity contribution in [3.8, 4) is 5.75 Å². The van der Waals surface area contributed by atoms with Gasteiger partial charge in [-0.25, -0.2) is 4.79 Å². The maximum absolute atomic E-state index is 12.9. The number of esters is 1. The van der Waals surface area contributed by atoms with Gasteiger partial charge in [0, 0.05) is 0 Å². The molecule has 2 amide bonds. The van der Waals surface area contributed by atoms with Crippen LogP contribution < -0.4 is 10.1 Å². The molecule has 3 unspecified atom stereocenters. The van der Waals surface area contributed by atoms with Crippen LogP contribution in [0.5, 0.6) is 5.75 Å². The maximum Gasteiger partial charge on any atom is 0.332 e. The van der Waals surface area contributed by atoms with E-state index < -0.39 is 35.2 Å². The number of carbonyl (C=O) groups excluding carboxylic acids is 3. The maximum atomic E-state index is 12.9. The van der Waals surface area contributed by atoms with Crippen molar-refractivity contribution in [1.82, 2.24) is 20.4 Å². The van der Waals surface area contributed by atoms with Gasteiger partial charge in [0.15, 0.2) is 17.0 Å². The first-order valence-corrected chi connectivity index (χ1v) is 12.5. The van der Waals surface area contributed by atoms with Crippen LogP contribution in [-0.2, 0) is 19.1 Å². The van der Waals surface area contributed by atoms with E-state index in [4.69, 9.17) is 9.47 Å². The minimum atomic E-state index is -0.949. The third-order valence-corrected chi connectivity index (χ3v) is 8.22. The summed E-state index contributed by atoms with van der Waals surface area (Å²) in [6, 6.07) is 7.12. The third kappa shape index (κ3) is 5.61. The molecular formula is C20H22N4O5S3. The van der Waals surface area contributed by atoms with Crippen LogP contribution in [-0.4, -0.2) is 64.1 Å². The lowest BCUT2D eigenvalue weighted by molar-refractivity contribution is -0.161. The van der Waals surface area contributed by atoms with E-state index in [-0.39, 0.29) is 6.61 Å². The number of likely N-dealkylation sites (tertiary alicyclic amines) is 1. The second-order valence-corrected chi connectivity index (χ2v) is 10.6. The Balaban J connectivity index is 1.70. The molecule has 0 saturated carbocycles. The topological polar surface area (TPSA) is 111 Å². The summed E-state index contributed by atoms with van der Waals surface area (Å²) in [6.07, 6.45) is 0. The van der Waals surface area contributed by atoms with E-state index in [1.807, 2.05) is 13.0 Å². The van der Waals surface area contributed by atoms with Gasteiger partial charge in [-0.15, -0.1) is 10.2 Å². The van der Waals surface area contributed by atoms with Gasteiger partial charge < -0.3 is 19.7 Å². The number of β-lactam (4-membered cyclic amide) rings is 1. The smallest absolute Gasteiger partial charge is 0.332 e. The number of amides is 2. The van der Waals surface area contributed by atoms with Crippen LogP contribution >= 0.6 is 32.9 Å². The quantitative estimate of drug-likeness (QED) is 0.230. The standard InChI is InChI=1S/C20H22N4O5S3/c1-11(2)16(19(27)28-4)24-17(26)15(18(24)31-32-20-23-22-12(3)30-20)21-14(25)10-29-13-8-6-5-7-9-13/h5-9,15-16,18H,1,10H2,2-4H3,(H,21,25). The van der Waals surface area contributed by atoms with E-state index >= 15 is 0 Å². The Morgan fingerprint density at radius 3 is 2.62 bits per heavy atom. The highest BCUT2D eigenvalue weighted by molar-refractivity contribution is 8.77. The predicted molar refractivity (Wildman–Crippen MR) is 123 cm³/mol. The van der Waals surface area contributed by atoms with Crippen LogP contribution in [0.15, 0.2) is 46.8 Å². The molecule has 1 aromatic carbocycles. The number of nitrogens with zero attached hydrogens (tertiary/aromatic N) is 3. The molecule has 2 heterocycles. The van der Waals surface area contributed by atoms with E-state index in [0.717, 1.165) is 5.01 Å². The fourth-order valence-corrected chi connectivity index (χ4v) is 6.64. The van der Waals surface area contributed by atoms with Crippen molar-refractivity contribution in [3.05, 3.63) is 47.5 Å². The summed E-state index contributed by atoms with van der Waals surface area (Å²) in [6.45, 7) is 7.08. The van der Waals surface area contributed by atoms with Crippen molar-refractivity contribution >= 4 is 50.7 Å². The molecule has 3 rings (SSSR count). The molecule has 1 fully saturated rings. The third-order valence-electron chi connectivity index (χ3n) is 4.40. The molecule has 9 nitrogen and oxygen atoms in total. The van der Waals surface area contributed by atoms with Crippen molar-refractivity contribution in [2.24, 2.45) is 0 Å². The van der Waals surface area contributed by atoms with Crippen molar-refractivity contribution in [1.29, 1.82) is 0 Å². The molecular weight excluding hydrogens is 472 g/mol. The van der Waals surface area contributed by atoms with Crippen LogP contribution in [0.4, 0.5) is 0 Å². The molecule has 1 aliphatic rings. The molecule has 3 atom stereocenters. The lowest BCUT2D eigenvalue weighted by Gasteiger charge is -2.49. The van der Waals surface area contributed by atoms with Crippen LogP contribution in [0.2, 0.25) is 0 Å². The second kappa shape index (κ2) is 10.8. The number of hydrogen-bond acceptors (Lipinski definition) is 10. The fourth-order valence-electron chi connectivity index (χ4n) is 2.94. The monoisotopic (exact) mass is 494 g/mol. The van der Waals surface area contributed by atoms with E-state index in [1.165, 1.54) is 44.9 Å². The lowest BCUT2D eigenvalue weighted by Crippen LogP contribution is -2.73. The summed E-state index contributed by atoms with van der Waals surface area (Å²) in [5.41, 5.74) is 0.463. The summed E-state index contributed by atoms with van der Waals surface area (Å²) >= 11 is 1.41. The SMILES string of the molecule is C=C(C)C(C(=O)OC)N1C(=O)C(NC(=O)COc2ccccc2)C1SSc1nnc(C)s1. The molecule has 0 aliphatic carbocycles. The average Bonchev–Trinajstić information content (AvgIpc) is 3.20. The van der Waals surface area contributed by atoms with Gasteiger partial charge in [0.05, 0.1) is 7.11 Å². The number of para-hydroxylation sites is 1. The number of methoxy groups -OCH3 is 1. The van der Waals surface area contributed by atoms with E-state index in [0.29, 0.717) is 15.7 Å². The molecule has 32 heavy (non-hydrogen) atoms. The van der Waals surface area contributed by atoms with Crippen LogP contribution in [0.3, 0.4) is 0 Å².